The van der Waals surface area contributed by atoms with E-state index < -0.39 is 5.41 Å². The van der Waals surface area contributed by atoms with Gasteiger partial charge < -0.3 is 4.74 Å². The zero-order chi connectivity index (χ0) is 37.1. The lowest BCUT2D eigenvalue weighted by molar-refractivity contribution is 0.436. The summed E-state index contributed by atoms with van der Waals surface area (Å²) in [4.78, 5) is 14.8. The Morgan fingerprint density at radius 1 is 0.286 bits per heavy atom. The Labute approximate surface area is 325 Å². The standard InChI is InChI=1S/C52H33N3O/c1-3-14-36(15-4-1)49-53-50(37-16-5-2-6-17-37)55-51(54-49)40-19-13-18-38(32-40)34-26-28-35(29-27-34)39-30-31-48-46(33-39)52(45-24-11-12-25-47(45)56-48)43-22-9-7-20-41(43)42-21-8-10-23-44(42)52/h1-33H. The first kappa shape index (κ1) is 32.0. The van der Waals surface area contributed by atoms with Crippen molar-refractivity contribution in [1.82, 2.24) is 15.0 Å². The van der Waals surface area contributed by atoms with Crippen molar-refractivity contribution >= 4 is 0 Å². The van der Waals surface area contributed by atoms with Crippen LogP contribution < -0.4 is 4.74 Å². The molecule has 0 fully saturated rings. The lowest BCUT2D eigenvalue weighted by atomic mass is 9.66. The van der Waals surface area contributed by atoms with E-state index in [-0.39, 0.29) is 0 Å². The summed E-state index contributed by atoms with van der Waals surface area (Å²) in [5.41, 5.74) is 14.3. The number of aromatic nitrogens is 3. The average Bonchev–Trinajstić information content (AvgIpc) is 3.57. The van der Waals surface area contributed by atoms with E-state index in [1.807, 2.05) is 60.7 Å². The van der Waals surface area contributed by atoms with Gasteiger partial charge in [-0.15, -0.1) is 0 Å². The Kier molecular flexibility index (Phi) is 7.36. The molecule has 4 heteroatoms. The van der Waals surface area contributed by atoms with E-state index in [2.05, 4.69) is 140 Å². The Morgan fingerprint density at radius 3 is 1.32 bits per heavy atom. The molecule has 1 aliphatic heterocycles. The first-order valence-electron chi connectivity index (χ1n) is 18.9. The summed E-state index contributed by atoms with van der Waals surface area (Å²) < 4.78 is 6.66. The fraction of sp³-hybridized carbons (Fsp3) is 0.0192. The van der Waals surface area contributed by atoms with Gasteiger partial charge in [-0.25, -0.2) is 15.0 Å². The molecule has 0 saturated carbocycles. The van der Waals surface area contributed by atoms with Crippen LogP contribution in [0.3, 0.4) is 0 Å². The molecule has 0 saturated heterocycles. The van der Waals surface area contributed by atoms with Gasteiger partial charge in [0.15, 0.2) is 17.5 Å². The van der Waals surface area contributed by atoms with Crippen molar-refractivity contribution in [3.05, 3.63) is 222 Å². The molecule has 0 amide bonds. The molecule has 0 unspecified atom stereocenters. The van der Waals surface area contributed by atoms with E-state index in [0.29, 0.717) is 17.5 Å². The fourth-order valence-electron chi connectivity index (χ4n) is 8.67. The van der Waals surface area contributed by atoms with Gasteiger partial charge in [0.05, 0.1) is 5.41 Å². The summed E-state index contributed by atoms with van der Waals surface area (Å²) in [5, 5.41) is 0. The number of fused-ring (bicyclic) bond motifs is 9. The van der Waals surface area contributed by atoms with Gasteiger partial charge in [0, 0.05) is 27.8 Å². The van der Waals surface area contributed by atoms with Crippen LogP contribution in [0.15, 0.2) is 200 Å². The zero-order valence-electron chi connectivity index (χ0n) is 30.3. The first-order valence-corrected chi connectivity index (χ1v) is 18.9. The van der Waals surface area contributed by atoms with Gasteiger partial charge in [-0.3, -0.25) is 0 Å². The molecule has 0 atom stereocenters. The molecule has 0 bridgehead atoms. The monoisotopic (exact) mass is 715 g/mol. The molecule has 262 valence electrons. The zero-order valence-corrected chi connectivity index (χ0v) is 30.3. The third-order valence-electron chi connectivity index (χ3n) is 11.2. The van der Waals surface area contributed by atoms with Crippen LogP contribution in [0.4, 0.5) is 0 Å². The molecule has 1 aromatic heterocycles. The number of hydrogen-bond donors (Lipinski definition) is 0. The van der Waals surface area contributed by atoms with E-state index in [9.17, 15) is 0 Å². The Bertz CT molecular complexity index is 2840. The molecule has 0 radical (unpaired) electrons. The van der Waals surface area contributed by atoms with Crippen molar-refractivity contribution in [3.8, 4) is 79.0 Å². The van der Waals surface area contributed by atoms with Gasteiger partial charge in [-0.05, 0) is 68.8 Å². The van der Waals surface area contributed by atoms with Crippen molar-refractivity contribution in [2.45, 2.75) is 5.41 Å². The van der Waals surface area contributed by atoms with E-state index in [1.54, 1.807) is 0 Å². The smallest absolute Gasteiger partial charge is 0.164 e. The summed E-state index contributed by atoms with van der Waals surface area (Å²) in [6, 6.07) is 70.3. The third kappa shape index (κ3) is 5.04. The first-order chi connectivity index (χ1) is 27.7. The number of hydrogen-bond acceptors (Lipinski definition) is 4. The maximum atomic E-state index is 6.66. The number of benzene rings is 8. The second-order valence-electron chi connectivity index (χ2n) is 14.3. The lowest BCUT2D eigenvalue weighted by Crippen LogP contribution is -2.32. The predicted octanol–water partition coefficient (Wildman–Crippen LogP) is 12.7. The normalized spacial score (nSPS) is 12.9. The topological polar surface area (TPSA) is 47.9 Å². The van der Waals surface area contributed by atoms with Gasteiger partial charge >= 0.3 is 0 Å². The van der Waals surface area contributed by atoms with Gasteiger partial charge in [0.2, 0.25) is 0 Å². The Hall–Kier alpha value is -7.43. The van der Waals surface area contributed by atoms with Crippen LogP contribution in [0.25, 0.3) is 67.5 Å². The van der Waals surface area contributed by atoms with Crippen LogP contribution in [-0.4, -0.2) is 15.0 Å². The van der Waals surface area contributed by atoms with E-state index in [4.69, 9.17) is 19.7 Å². The van der Waals surface area contributed by atoms with Crippen molar-refractivity contribution in [2.24, 2.45) is 0 Å². The van der Waals surface area contributed by atoms with Crippen LogP contribution in [0.5, 0.6) is 11.5 Å². The minimum atomic E-state index is -0.496. The molecule has 0 N–H and O–H groups in total. The van der Waals surface area contributed by atoms with Crippen LogP contribution >= 0.6 is 0 Å². The molecule has 56 heavy (non-hydrogen) atoms. The van der Waals surface area contributed by atoms with Crippen molar-refractivity contribution < 1.29 is 4.74 Å². The maximum absolute atomic E-state index is 6.66. The lowest BCUT2D eigenvalue weighted by Gasteiger charge is -2.39. The molecule has 2 aliphatic rings. The predicted molar refractivity (Wildman–Crippen MR) is 224 cm³/mol. The van der Waals surface area contributed by atoms with E-state index in [1.165, 1.54) is 27.8 Å². The van der Waals surface area contributed by atoms with Crippen LogP contribution in [-0.2, 0) is 5.41 Å². The molecule has 1 spiro atoms. The Balaban J connectivity index is 0.984. The van der Waals surface area contributed by atoms with Crippen molar-refractivity contribution in [3.63, 3.8) is 0 Å². The number of nitrogens with zero attached hydrogens (tertiary/aromatic N) is 3. The minimum absolute atomic E-state index is 0.496. The molecule has 4 nitrogen and oxygen atoms in total. The molecule has 8 aromatic carbocycles. The third-order valence-corrected chi connectivity index (χ3v) is 11.2. The molecular formula is C52H33N3O. The van der Waals surface area contributed by atoms with Crippen LogP contribution in [0.1, 0.15) is 22.3 Å². The highest BCUT2D eigenvalue weighted by atomic mass is 16.5. The fourth-order valence-corrected chi connectivity index (χ4v) is 8.67. The summed E-state index contributed by atoms with van der Waals surface area (Å²) >= 11 is 0. The van der Waals surface area contributed by atoms with Crippen LogP contribution in [0.2, 0.25) is 0 Å². The number of rotatable bonds is 5. The summed E-state index contributed by atoms with van der Waals surface area (Å²) in [6.07, 6.45) is 0. The van der Waals surface area contributed by atoms with Gasteiger partial charge in [0.1, 0.15) is 11.5 Å². The second-order valence-corrected chi connectivity index (χ2v) is 14.3. The number of para-hydroxylation sites is 1. The molecule has 11 rings (SSSR count). The summed E-state index contributed by atoms with van der Waals surface area (Å²) in [6.45, 7) is 0. The maximum Gasteiger partial charge on any atom is 0.164 e. The van der Waals surface area contributed by atoms with Crippen molar-refractivity contribution in [2.75, 3.05) is 0 Å². The van der Waals surface area contributed by atoms with Crippen LogP contribution in [0, 0.1) is 0 Å². The SMILES string of the molecule is c1ccc(-c2nc(-c3ccccc3)nc(-c3cccc(-c4ccc(-c5ccc6c(c5)C5(c7ccccc7O6)c6ccccc6-c6ccccc65)cc4)c3)n2)cc1. The van der Waals surface area contributed by atoms with E-state index in [0.717, 1.165) is 56.0 Å². The molecule has 9 aromatic rings. The summed E-state index contributed by atoms with van der Waals surface area (Å²) in [7, 11) is 0. The van der Waals surface area contributed by atoms with Crippen molar-refractivity contribution in [1.29, 1.82) is 0 Å². The molecular weight excluding hydrogens is 683 g/mol. The highest BCUT2D eigenvalue weighted by molar-refractivity contribution is 5.89. The highest BCUT2D eigenvalue weighted by Gasteiger charge is 2.51. The van der Waals surface area contributed by atoms with Gasteiger partial charge in [-0.1, -0.05) is 176 Å². The average molecular weight is 716 g/mol. The second kappa shape index (κ2) is 12.9. The van der Waals surface area contributed by atoms with Gasteiger partial charge in [-0.2, -0.15) is 0 Å². The highest BCUT2D eigenvalue weighted by Crippen LogP contribution is 2.62. The van der Waals surface area contributed by atoms with Gasteiger partial charge in [0.25, 0.3) is 0 Å². The molecule has 1 aliphatic carbocycles. The molecule has 2 heterocycles. The quantitative estimate of drug-likeness (QED) is 0.178. The van der Waals surface area contributed by atoms with E-state index >= 15 is 0 Å². The summed E-state index contributed by atoms with van der Waals surface area (Å²) in [5.74, 6) is 3.72. The largest absolute Gasteiger partial charge is 0.457 e. The minimum Gasteiger partial charge on any atom is -0.457 e. The Morgan fingerprint density at radius 2 is 0.714 bits per heavy atom. The number of ether oxygens (including phenoxy) is 1.